The molecule has 0 fully saturated rings. The Bertz CT molecular complexity index is 123. The van der Waals surface area contributed by atoms with Crippen LogP contribution in [0.15, 0.2) is 0 Å². The fraction of sp³-hybridized carbons (Fsp3) is 0.889. The van der Waals surface area contributed by atoms with Crippen molar-refractivity contribution in [3.63, 3.8) is 0 Å². The number of unbranched alkanes of at least 4 members (excludes halogenated alkanes) is 1. The summed E-state index contributed by atoms with van der Waals surface area (Å²) in [4.78, 5) is 10.7. The minimum Gasteiger partial charge on any atom is -0.396 e. The zero-order chi connectivity index (χ0) is 9.40. The van der Waals surface area contributed by atoms with Crippen LogP contribution in [0.3, 0.4) is 0 Å². The van der Waals surface area contributed by atoms with Gasteiger partial charge in [-0.15, -0.1) is 0 Å². The predicted molar refractivity (Wildman–Crippen MR) is 47.0 cm³/mol. The van der Waals surface area contributed by atoms with Gasteiger partial charge in [0.05, 0.1) is 6.10 Å². The van der Waals surface area contributed by atoms with Crippen LogP contribution in [-0.4, -0.2) is 30.7 Å². The molecule has 0 aromatic heterocycles. The highest BCUT2D eigenvalue weighted by Gasteiger charge is 2.08. The predicted octanol–water partition coefficient (Wildman–Crippen LogP) is 1.14. The normalized spacial score (nSPS) is 12.9. The maximum absolute atomic E-state index is 10.7. The van der Waals surface area contributed by atoms with Gasteiger partial charge in [0.2, 0.25) is 0 Å². The molecule has 0 aliphatic rings. The van der Waals surface area contributed by atoms with Gasteiger partial charge in [0, 0.05) is 20.1 Å². The van der Waals surface area contributed by atoms with Gasteiger partial charge in [-0.05, 0) is 26.2 Å². The van der Waals surface area contributed by atoms with E-state index in [2.05, 4.69) is 0 Å². The van der Waals surface area contributed by atoms with E-state index in [9.17, 15) is 4.79 Å². The first kappa shape index (κ1) is 11.6. The molecule has 1 N–H and O–H groups in total. The van der Waals surface area contributed by atoms with E-state index in [0.29, 0.717) is 6.42 Å². The summed E-state index contributed by atoms with van der Waals surface area (Å²) in [6.07, 6.45) is 3.09. The van der Waals surface area contributed by atoms with Crippen LogP contribution >= 0.6 is 0 Å². The summed E-state index contributed by atoms with van der Waals surface area (Å²) in [5.74, 6) is 0.158. The van der Waals surface area contributed by atoms with Gasteiger partial charge in [-0.25, -0.2) is 0 Å². The number of ether oxygens (including phenoxy) is 1. The second-order valence-electron chi connectivity index (χ2n) is 2.98. The van der Waals surface area contributed by atoms with Crippen molar-refractivity contribution in [2.45, 2.75) is 38.7 Å². The number of hydrogen-bond donors (Lipinski definition) is 1. The number of aliphatic hydroxyl groups is 1. The van der Waals surface area contributed by atoms with Crippen LogP contribution < -0.4 is 0 Å². The van der Waals surface area contributed by atoms with E-state index < -0.39 is 0 Å². The monoisotopic (exact) mass is 174 g/mol. The molecule has 0 heterocycles. The zero-order valence-corrected chi connectivity index (χ0v) is 7.88. The SMILES string of the molecule is COC(CCCCO)CC(C)=O. The molecule has 0 radical (unpaired) electrons. The van der Waals surface area contributed by atoms with Crippen molar-refractivity contribution in [3.05, 3.63) is 0 Å². The lowest BCUT2D eigenvalue weighted by Crippen LogP contribution is -2.14. The van der Waals surface area contributed by atoms with Gasteiger partial charge in [0.15, 0.2) is 0 Å². The van der Waals surface area contributed by atoms with Crippen LogP contribution in [0.25, 0.3) is 0 Å². The number of Topliss-reactive ketones (excluding diaryl/α,β-unsaturated/α-hetero) is 1. The van der Waals surface area contributed by atoms with E-state index in [1.54, 1.807) is 14.0 Å². The molecule has 0 saturated carbocycles. The van der Waals surface area contributed by atoms with Gasteiger partial charge >= 0.3 is 0 Å². The number of carbonyl (C=O) groups is 1. The van der Waals surface area contributed by atoms with Gasteiger partial charge in [-0.3, -0.25) is 4.79 Å². The molecule has 0 rings (SSSR count). The Kier molecular flexibility index (Phi) is 7.00. The van der Waals surface area contributed by atoms with Crippen LogP contribution in [0.1, 0.15) is 32.6 Å². The van der Waals surface area contributed by atoms with Crippen LogP contribution in [0.5, 0.6) is 0 Å². The Morgan fingerprint density at radius 3 is 2.58 bits per heavy atom. The fourth-order valence-electron chi connectivity index (χ4n) is 1.11. The lowest BCUT2D eigenvalue weighted by atomic mass is 10.1. The molecule has 0 aliphatic carbocycles. The van der Waals surface area contributed by atoms with Gasteiger partial charge in [-0.1, -0.05) is 0 Å². The molecular weight excluding hydrogens is 156 g/mol. The summed E-state index contributed by atoms with van der Waals surface area (Å²) >= 11 is 0. The van der Waals surface area contributed by atoms with Crippen molar-refractivity contribution in [1.29, 1.82) is 0 Å². The molecule has 1 unspecified atom stereocenters. The minimum atomic E-state index is 0.0362. The summed E-state index contributed by atoms with van der Waals surface area (Å²) in [5, 5.41) is 8.53. The summed E-state index contributed by atoms with van der Waals surface area (Å²) in [5.41, 5.74) is 0. The molecular formula is C9H18O3. The minimum absolute atomic E-state index is 0.0362. The van der Waals surface area contributed by atoms with Gasteiger partial charge < -0.3 is 9.84 Å². The summed E-state index contributed by atoms with van der Waals surface area (Å²) in [6, 6.07) is 0. The zero-order valence-electron chi connectivity index (χ0n) is 7.88. The fourth-order valence-corrected chi connectivity index (χ4v) is 1.11. The quantitative estimate of drug-likeness (QED) is 0.589. The molecule has 0 bridgehead atoms. The first-order valence-corrected chi connectivity index (χ1v) is 4.33. The Balaban J connectivity index is 3.46. The molecule has 12 heavy (non-hydrogen) atoms. The first-order valence-electron chi connectivity index (χ1n) is 4.33. The van der Waals surface area contributed by atoms with Crippen molar-refractivity contribution < 1.29 is 14.6 Å². The lowest BCUT2D eigenvalue weighted by Gasteiger charge is -2.12. The largest absolute Gasteiger partial charge is 0.396 e. The van der Waals surface area contributed by atoms with E-state index in [0.717, 1.165) is 19.3 Å². The molecule has 3 nitrogen and oxygen atoms in total. The third kappa shape index (κ3) is 6.31. The number of aliphatic hydroxyl groups excluding tert-OH is 1. The van der Waals surface area contributed by atoms with Crippen molar-refractivity contribution in [3.8, 4) is 0 Å². The molecule has 0 aromatic rings. The number of ketones is 1. The highest BCUT2D eigenvalue weighted by molar-refractivity contribution is 5.75. The average Bonchev–Trinajstić information content (AvgIpc) is 2.02. The second kappa shape index (κ2) is 7.25. The van der Waals surface area contributed by atoms with Crippen molar-refractivity contribution >= 4 is 5.78 Å². The van der Waals surface area contributed by atoms with Crippen LogP contribution in [0.4, 0.5) is 0 Å². The van der Waals surface area contributed by atoms with Crippen molar-refractivity contribution in [2.75, 3.05) is 13.7 Å². The Labute approximate surface area is 73.7 Å². The van der Waals surface area contributed by atoms with E-state index in [4.69, 9.17) is 9.84 Å². The molecule has 0 aromatic carbocycles. The van der Waals surface area contributed by atoms with Crippen molar-refractivity contribution in [1.82, 2.24) is 0 Å². The highest BCUT2D eigenvalue weighted by atomic mass is 16.5. The van der Waals surface area contributed by atoms with Gasteiger partial charge in [0.1, 0.15) is 5.78 Å². The van der Waals surface area contributed by atoms with Crippen molar-refractivity contribution in [2.24, 2.45) is 0 Å². The first-order chi connectivity index (χ1) is 5.70. The van der Waals surface area contributed by atoms with Crippen LogP contribution in [-0.2, 0) is 9.53 Å². The van der Waals surface area contributed by atoms with Crippen LogP contribution in [0, 0.1) is 0 Å². The Morgan fingerprint density at radius 1 is 1.50 bits per heavy atom. The second-order valence-corrected chi connectivity index (χ2v) is 2.98. The van der Waals surface area contributed by atoms with E-state index in [1.165, 1.54) is 0 Å². The third-order valence-electron chi connectivity index (χ3n) is 1.78. The Morgan fingerprint density at radius 2 is 2.17 bits per heavy atom. The molecule has 72 valence electrons. The summed E-state index contributed by atoms with van der Waals surface area (Å²) in [7, 11) is 1.62. The summed E-state index contributed by atoms with van der Waals surface area (Å²) < 4.78 is 5.11. The van der Waals surface area contributed by atoms with Crippen LogP contribution in [0.2, 0.25) is 0 Å². The lowest BCUT2D eigenvalue weighted by molar-refractivity contribution is -0.119. The molecule has 0 spiro atoms. The number of carbonyl (C=O) groups excluding carboxylic acids is 1. The van der Waals surface area contributed by atoms with E-state index in [1.807, 2.05) is 0 Å². The number of methoxy groups -OCH3 is 1. The maximum atomic E-state index is 10.7. The van der Waals surface area contributed by atoms with Gasteiger partial charge in [0.25, 0.3) is 0 Å². The van der Waals surface area contributed by atoms with E-state index >= 15 is 0 Å². The maximum Gasteiger partial charge on any atom is 0.132 e. The molecule has 3 heteroatoms. The smallest absolute Gasteiger partial charge is 0.132 e. The molecule has 0 aliphatic heterocycles. The Hall–Kier alpha value is -0.410. The molecule has 0 saturated heterocycles. The van der Waals surface area contributed by atoms with E-state index in [-0.39, 0.29) is 18.5 Å². The van der Waals surface area contributed by atoms with Gasteiger partial charge in [-0.2, -0.15) is 0 Å². The highest BCUT2D eigenvalue weighted by Crippen LogP contribution is 2.07. The number of rotatable bonds is 7. The summed E-state index contributed by atoms with van der Waals surface area (Å²) in [6.45, 7) is 1.79. The molecule has 0 amide bonds. The number of hydrogen-bond acceptors (Lipinski definition) is 3. The average molecular weight is 174 g/mol. The standard InChI is InChI=1S/C9H18O3/c1-8(11)7-9(12-2)5-3-4-6-10/h9-10H,3-7H2,1-2H3. The molecule has 1 atom stereocenters. The third-order valence-corrected chi connectivity index (χ3v) is 1.78. The topological polar surface area (TPSA) is 46.5 Å².